The normalized spacial score (nSPS) is 27.0. The maximum atomic E-state index is 12.2. The number of hydrogen-bond acceptors (Lipinski definition) is 5. The van der Waals surface area contributed by atoms with Gasteiger partial charge in [-0.05, 0) is 31.2 Å². The van der Waals surface area contributed by atoms with Crippen LogP contribution in [0, 0.1) is 5.92 Å². The fraction of sp³-hybridized carbons (Fsp3) is 0.294. The van der Waals surface area contributed by atoms with Crippen LogP contribution < -0.4 is 0 Å². The SMILES string of the molecule is COC(=O)C1/C=C/C(OC)=C\C=C(/C)OC1c1ccc(Cl)nc1. The predicted molar refractivity (Wildman–Crippen MR) is 86.6 cm³/mol. The van der Waals surface area contributed by atoms with Crippen LogP contribution in [-0.2, 0) is 19.0 Å². The maximum Gasteiger partial charge on any atom is 0.316 e. The molecule has 0 aliphatic carbocycles. The van der Waals surface area contributed by atoms with Crippen LogP contribution in [0.15, 0.2) is 54.2 Å². The molecular formula is C17H18ClNO4. The Morgan fingerprint density at radius 2 is 2.09 bits per heavy atom. The first-order chi connectivity index (χ1) is 11.0. The molecule has 2 atom stereocenters. The average molecular weight is 336 g/mol. The summed E-state index contributed by atoms with van der Waals surface area (Å²) in [6.45, 7) is 1.81. The predicted octanol–water partition coefficient (Wildman–Crippen LogP) is 3.59. The standard InChI is InChI=1S/C17H18ClNO4/c1-11-4-6-13(21-2)7-8-14(17(20)22-3)16(23-11)12-5-9-15(18)19-10-12/h4-10,14,16H,1-3H3/b8-7+,11-4+,13-6+. The van der Waals surface area contributed by atoms with E-state index in [9.17, 15) is 4.79 Å². The monoisotopic (exact) mass is 335 g/mol. The second-order valence-corrected chi connectivity index (χ2v) is 5.30. The Balaban J connectivity index is 2.47. The number of rotatable bonds is 3. The molecule has 1 aliphatic rings. The molecule has 0 aromatic carbocycles. The lowest BCUT2D eigenvalue weighted by molar-refractivity contribution is -0.147. The molecule has 23 heavy (non-hydrogen) atoms. The van der Waals surface area contributed by atoms with E-state index in [0.29, 0.717) is 16.7 Å². The molecule has 6 heteroatoms. The van der Waals surface area contributed by atoms with Crippen LogP contribution in [0.25, 0.3) is 0 Å². The summed E-state index contributed by atoms with van der Waals surface area (Å²) in [4.78, 5) is 16.3. The summed E-state index contributed by atoms with van der Waals surface area (Å²) in [6.07, 6.45) is 7.97. The minimum atomic E-state index is -0.650. The zero-order valence-electron chi connectivity index (χ0n) is 13.2. The van der Waals surface area contributed by atoms with Gasteiger partial charge in [0.15, 0.2) is 0 Å². The number of nitrogens with zero attached hydrogens (tertiary/aromatic N) is 1. The topological polar surface area (TPSA) is 57.7 Å². The average Bonchev–Trinajstić information content (AvgIpc) is 2.64. The molecule has 1 aromatic rings. The van der Waals surface area contributed by atoms with Crippen molar-refractivity contribution in [1.82, 2.24) is 4.98 Å². The third-order valence-electron chi connectivity index (χ3n) is 3.38. The van der Waals surface area contributed by atoms with Gasteiger partial charge in [-0.15, -0.1) is 0 Å². The number of pyridine rings is 1. The van der Waals surface area contributed by atoms with Crippen LogP contribution >= 0.6 is 11.6 Å². The van der Waals surface area contributed by atoms with E-state index in [-0.39, 0.29) is 0 Å². The molecule has 0 saturated heterocycles. The van der Waals surface area contributed by atoms with Gasteiger partial charge in [-0.2, -0.15) is 0 Å². The third-order valence-corrected chi connectivity index (χ3v) is 3.60. The Labute approximate surface area is 140 Å². The molecule has 2 rings (SSSR count). The highest BCUT2D eigenvalue weighted by atomic mass is 35.5. The fourth-order valence-electron chi connectivity index (χ4n) is 2.17. The Kier molecular flexibility index (Phi) is 5.82. The summed E-state index contributed by atoms with van der Waals surface area (Å²) in [5.41, 5.74) is 0.725. The lowest BCUT2D eigenvalue weighted by Crippen LogP contribution is -2.24. The van der Waals surface area contributed by atoms with Gasteiger partial charge in [-0.25, -0.2) is 4.98 Å². The van der Waals surface area contributed by atoms with Gasteiger partial charge < -0.3 is 14.2 Å². The summed E-state index contributed by atoms with van der Waals surface area (Å²) in [5.74, 6) is 0.183. The van der Waals surface area contributed by atoms with E-state index in [0.717, 1.165) is 5.56 Å². The summed E-state index contributed by atoms with van der Waals surface area (Å²) in [5, 5.41) is 0.373. The highest BCUT2D eigenvalue weighted by molar-refractivity contribution is 6.29. The van der Waals surface area contributed by atoms with Crippen molar-refractivity contribution < 1.29 is 19.0 Å². The number of carbonyl (C=O) groups excluding carboxylic acids is 1. The van der Waals surface area contributed by atoms with Crippen LogP contribution in [0.3, 0.4) is 0 Å². The largest absolute Gasteiger partial charge is 0.497 e. The smallest absolute Gasteiger partial charge is 0.316 e. The number of ether oxygens (including phenoxy) is 3. The number of allylic oxidation sites excluding steroid dienone is 4. The van der Waals surface area contributed by atoms with Gasteiger partial charge in [-0.1, -0.05) is 23.7 Å². The molecule has 0 saturated carbocycles. The van der Waals surface area contributed by atoms with Crippen molar-refractivity contribution >= 4 is 17.6 Å². The van der Waals surface area contributed by atoms with Crippen molar-refractivity contribution in [2.24, 2.45) is 5.92 Å². The van der Waals surface area contributed by atoms with E-state index in [1.165, 1.54) is 7.11 Å². The first kappa shape index (κ1) is 17.1. The van der Waals surface area contributed by atoms with E-state index < -0.39 is 18.0 Å². The number of methoxy groups -OCH3 is 2. The molecule has 0 spiro atoms. The minimum Gasteiger partial charge on any atom is -0.497 e. The highest BCUT2D eigenvalue weighted by Crippen LogP contribution is 2.32. The second kappa shape index (κ2) is 7.83. The molecule has 5 nitrogen and oxygen atoms in total. The van der Waals surface area contributed by atoms with E-state index in [2.05, 4.69) is 4.98 Å². The van der Waals surface area contributed by atoms with Crippen LogP contribution in [-0.4, -0.2) is 25.2 Å². The van der Waals surface area contributed by atoms with Gasteiger partial charge in [0, 0.05) is 11.8 Å². The molecule has 0 bridgehead atoms. The van der Waals surface area contributed by atoms with Gasteiger partial charge in [0.2, 0.25) is 0 Å². The second-order valence-electron chi connectivity index (χ2n) is 4.91. The lowest BCUT2D eigenvalue weighted by Gasteiger charge is -2.24. The van der Waals surface area contributed by atoms with Crippen LogP contribution in [0.5, 0.6) is 0 Å². The Morgan fingerprint density at radius 1 is 1.30 bits per heavy atom. The molecule has 2 heterocycles. The van der Waals surface area contributed by atoms with Gasteiger partial charge in [0.1, 0.15) is 22.9 Å². The highest BCUT2D eigenvalue weighted by Gasteiger charge is 2.31. The van der Waals surface area contributed by atoms with E-state index in [1.54, 1.807) is 56.7 Å². The summed E-state index contributed by atoms with van der Waals surface area (Å²) >= 11 is 5.83. The van der Waals surface area contributed by atoms with Gasteiger partial charge in [-0.3, -0.25) is 4.79 Å². The van der Waals surface area contributed by atoms with Crippen LogP contribution in [0.1, 0.15) is 18.6 Å². The van der Waals surface area contributed by atoms with Gasteiger partial charge in [0.05, 0.1) is 20.0 Å². The van der Waals surface area contributed by atoms with Crippen molar-refractivity contribution in [3.05, 3.63) is 64.9 Å². The Morgan fingerprint density at radius 3 is 2.70 bits per heavy atom. The molecule has 122 valence electrons. The molecule has 2 unspecified atom stereocenters. The van der Waals surface area contributed by atoms with Crippen molar-refractivity contribution in [3.63, 3.8) is 0 Å². The number of hydrogen-bond donors (Lipinski definition) is 0. The van der Waals surface area contributed by atoms with Crippen molar-refractivity contribution in [1.29, 1.82) is 0 Å². The van der Waals surface area contributed by atoms with Gasteiger partial charge in [0.25, 0.3) is 0 Å². The zero-order chi connectivity index (χ0) is 16.8. The number of aromatic nitrogens is 1. The molecule has 0 radical (unpaired) electrons. The van der Waals surface area contributed by atoms with Crippen molar-refractivity contribution in [2.75, 3.05) is 14.2 Å². The fourth-order valence-corrected chi connectivity index (χ4v) is 2.28. The lowest BCUT2D eigenvalue weighted by atomic mass is 9.96. The van der Waals surface area contributed by atoms with Crippen molar-refractivity contribution in [2.45, 2.75) is 13.0 Å². The quantitative estimate of drug-likeness (QED) is 0.624. The molecular weight excluding hydrogens is 318 g/mol. The number of halogens is 1. The number of esters is 1. The number of carbonyl (C=O) groups is 1. The molecule has 0 amide bonds. The van der Waals surface area contributed by atoms with Crippen molar-refractivity contribution in [3.8, 4) is 0 Å². The minimum absolute atomic E-state index is 0.373. The molecule has 0 fully saturated rings. The molecule has 1 aromatic heterocycles. The summed E-state index contributed by atoms with van der Waals surface area (Å²) in [7, 11) is 2.90. The first-order valence-corrected chi connectivity index (χ1v) is 7.39. The summed E-state index contributed by atoms with van der Waals surface area (Å²) in [6, 6.07) is 3.43. The van der Waals surface area contributed by atoms with E-state index >= 15 is 0 Å². The van der Waals surface area contributed by atoms with Crippen LogP contribution in [0.2, 0.25) is 5.15 Å². The molecule has 1 aliphatic heterocycles. The van der Waals surface area contributed by atoms with Gasteiger partial charge >= 0.3 is 5.97 Å². The van der Waals surface area contributed by atoms with E-state index in [4.69, 9.17) is 25.8 Å². The zero-order valence-corrected chi connectivity index (χ0v) is 13.9. The summed E-state index contributed by atoms with van der Waals surface area (Å²) < 4.78 is 16.1. The maximum absolute atomic E-state index is 12.2. The van der Waals surface area contributed by atoms with Crippen LogP contribution in [0.4, 0.5) is 0 Å². The third kappa shape index (κ3) is 4.36. The Hall–Kier alpha value is -2.27. The first-order valence-electron chi connectivity index (χ1n) is 7.02. The molecule has 0 N–H and O–H groups in total. The van der Waals surface area contributed by atoms with E-state index in [1.807, 2.05) is 0 Å². The Bertz CT molecular complexity index is 649.